The predicted molar refractivity (Wildman–Crippen MR) is 112 cm³/mol. The number of aromatic nitrogens is 1. The van der Waals surface area contributed by atoms with Gasteiger partial charge in [-0.05, 0) is 89.9 Å². The third-order valence-electron chi connectivity index (χ3n) is 8.77. The molecule has 5 unspecified atom stereocenters. The highest BCUT2D eigenvalue weighted by Crippen LogP contribution is 2.66. The number of fused-ring (bicyclic) bond motifs is 5. The lowest BCUT2D eigenvalue weighted by Gasteiger charge is -2.57. The van der Waals surface area contributed by atoms with Gasteiger partial charge >= 0.3 is 0 Å². The number of carbonyl (C=O) groups excluding carboxylic acids is 1. The average molecular weight is 359 g/mol. The van der Waals surface area contributed by atoms with Crippen LogP contribution in [0.4, 0.5) is 0 Å². The second-order valence-corrected chi connectivity index (χ2v) is 9.97. The Bertz CT molecular complexity index is 854. The van der Waals surface area contributed by atoms with Crippen LogP contribution in [0.15, 0.2) is 36.1 Å². The average Bonchev–Trinajstić information content (AvgIpc) is 3.00. The van der Waals surface area contributed by atoms with Crippen LogP contribution in [0.2, 0.25) is 0 Å². The molecule has 3 heteroatoms. The maximum absolute atomic E-state index is 12.0. The first-order chi connectivity index (χ1) is 12.9. The first kappa shape index (κ1) is 17.5. The van der Waals surface area contributed by atoms with Crippen LogP contribution in [0.1, 0.15) is 64.4 Å². The minimum Gasteiger partial charge on any atom is -0.295 e. The SMILES string of the molecule is Bc1ccc(C2=CCC3C4CCC5=CC(=O)CCC5(C)C4CCC23C)cn1. The van der Waals surface area contributed by atoms with Crippen LogP contribution in [0.5, 0.6) is 0 Å². The van der Waals surface area contributed by atoms with Crippen LogP contribution in [-0.4, -0.2) is 18.6 Å². The van der Waals surface area contributed by atoms with Crippen molar-refractivity contribution in [3.63, 3.8) is 0 Å². The molecule has 1 heterocycles. The van der Waals surface area contributed by atoms with Crippen molar-refractivity contribution in [2.45, 2.75) is 58.8 Å². The van der Waals surface area contributed by atoms with Gasteiger partial charge in [0.15, 0.2) is 13.6 Å². The first-order valence-electron chi connectivity index (χ1n) is 10.8. The van der Waals surface area contributed by atoms with E-state index < -0.39 is 0 Å². The Morgan fingerprint density at radius 2 is 1.93 bits per heavy atom. The number of pyridine rings is 1. The van der Waals surface area contributed by atoms with E-state index in [4.69, 9.17) is 0 Å². The summed E-state index contributed by atoms with van der Waals surface area (Å²) < 4.78 is 0. The summed E-state index contributed by atoms with van der Waals surface area (Å²) in [6.45, 7) is 4.99. The third kappa shape index (κ3) is 2.46. The Kier molecular flexibility index (Phi) is 3.83. The number of hydrogen-bond acceptors (Lipinski definition) is 2. The van der Waals surface area contributed by atoms with Crippen molar-refractivity contribution in [3.8, 4) is 0 Å². The van der Waals surface area contributed by atoms with Gasteiger partial charge < -0.3 is 0 Å². The lowest BCUT2D eigenvalue weighted by Crippen LogP contribution is -2.49. The summed E-state index contributed by atoms with van der Waals surface area (Å²) in [7, 11) is 2.06. The Balaban J connectivity index is 1.47. The van der Waals surface area contributed by atoms with Crippen molar-refractivity contribution in [2.24, 2.45) is 28.6 Å². The van der Waals surface area contributed by atoms with Crippen molar-refractivity contribution >= 4 is 24.8 Å². The van der Waals surface area contributed by atoms with Crippen LogP contribution in [-0.2, 0) is 4.79 Å². The molecule has 0 spiro atoms. The highest BCUT2D eigenvalue weighted by atomic mass is 16.1. The Morgan fingerprint density at radius 1 is 1.07 bits per heavy atom. The largest absolute Gasteiger partial charge is 0.295 e. The van der Waals surface area contributed by atoms with Crippen molar-refractivity contribution in [1.29, 1.82) is 0 Å². The molecule has 5 atom stereocenters. The summed E-state index contributed by atoms with van der Waals surface area (Å²) in [5.74, 6) is 2.67. The van der Waals surface area contributed by atoms with Gasteiger partial charge in [-0.1, -0.05) is 37.6 Å². The summed E-state index contributed by atoms with van der Waals surface area (Å²) in [6, 6.07) is 4.42. The van der Waals surface area contributed by atoms with Gasteiger partial charge in [0.1, 0.15) is 0 Å². The highest BCUT2D eigenvalue weighted by molar-refractivity contribution is 6.30. The smallest absolute Gasteiger partial charge is 0.163 e. The van der Waals surface area contributed by atoms with E-state index in [1.54, 1.807) is 5.57 Å². The molecule has 2 fully saturated rings. The minimum atomic E-state index is 0.270. The molecule has 27 heavy (non-hydrogen) atoms. The molecule has 2 nitrogen and oxygen atoms in total. The fraction of sp³-hybridized carbons (Fsp3) is 0.583. The zero-order valence-electron chi connectivity index (χ0n) is 16.9. The molecule has 0 saturated heterocycles. The van der Waals surface area contributed by atoms with E-state index in [9.17, 15) is 4.79 Å². The van der Waals surface area contributed by atoms with Crippen LogP contribution in [0, 0.1) is 28.6 Å². The molecule has 0 aliphatic heterocycles. The van der Waals surface area contributed by atoms with E-state index in [2.05, 4.69) is 51.1 Å². The Morgan fingerprint density at radius 3 is 2.70 bits per heavy atom. The maximum Gasteiger partial charge on any atom is 0.163 e. The van der Waals surface area contributed by atoms with Gasteiger partial charge in [-0.2, -0.15) is 0 Å². The van der Waals surface area contributed by atoms with E-state index in [1.807, 2.05) is 6.08 Å². The summed E-state index contributed by atoms with van der Waals surface area (Å²) in [6.07, 6.45) is 14.6. The Hall–Kier alpha value is -1.64. The monoisotopic (exact) mass is 359 g/mol. The number of rotatable bonds is 1. The standard InChI is InChI=1S/C24H30BNO/c1-23-11-9-17(27)13-16(23)4-5-18-20-7-6-19(15-3-8-22(25)26-14-15)24(20,2)12-10-21(18)23/h3,6,8,13-14,18,20-21H,4-5,7,9-12,25H2,1-2H3. The van der Waals surface area contributed by atoms with Gasteiger partial charge in [-0.15, -0.1) is 0 Å². The van der Waals surface area contributed by atoms with Crippen LogP contribution >= 0.6 is 0 Å². The van der Waals surface area contributed by atoms with Gasteiger partial charge in [0.05, 0.1) is 0 Å². The summed E-state index contributed by atoms with van der Waals surface area (Å²) in [5, 5.41) is 0. The van der Waals surface area contributed by atoms with Crippen LogP contribution in [0.25, 0.3) is 5.57 Å². The third-order valence-corrected chi connectivity index (χ3v) is 8.77. The molecular weight excluding hydrogens is 329 g/mol. The molecule has 2 saturated carbocycles. The van der Waals surface area contributed by atoms with Gasteiger partial charge in [0.25, 0.3) is 0 Å². The molecule has 0 N–H and O–H groups in total. The zero-order chi connectivity index (χ0) is 18.8. The van der Waals surface area contributed by atoms with E-state index in [0.717, 1.165) is 42.6 Å². The number of carbonyl (C=O) groups is 1. The topological polar surface area (TPSA) is 30.0 Å². The van der Waals surface area contributed by atoms with Gasteiger partial charge in [0, 0.05) is 12.6 Å². The van der Waals surface area contributed by atoms with Crippen molar-refractivity contribution in [1.82, 2.24) is 4.98 Å². The normalized spacial score (nSPS) is 40.5. The second-order valence-electron chi connectivity index (χ2n) is 9.97. The van der Waals surface area contributed by atoms with Crippen molar-refractivity contribution in [3.05, 3.63) is 41.6 Å². The fourth-order valence-electron chi connectivity index (χ4n) is 7.20. The quantitative estimate of drug-likeness (QED) is 0.713. The lowest BCUT2D eigenvalue weighted by molar-refractivity contribution is -0.117. The molecule has 1 aromatic rings. The predicted octanol–water partition coefficient (Wildman–Crippen LogP) is 3.87. The van der Waals surface area contributed by atoms with Crippen LogP contribution < -0.4 is 5.59 Å². The molecule has 0 bridgehead atoms. The van der Waals surface area contributed by atoms with Crippen molar-refractivity contribution < 1.29 is 4.79 Å². The lowest BCUT2D eigenvalue weighted by atomic mass is 9.46. The fourth-order valence-corrected chi connectivity index (χ4v) is 7.20. The van der Waals surface area contributed by atoms with Gasteiger partial charge in [-0.3, -0.25) is 9.78 Å². The Labute approximate surface area is 163 Å². The molecule has 1 aromatic heterocycles. The number of nitrogens with zero attached hydrogens (tertiary/aromatic N) is 1. The minimum absolute atomic E-state index is 0.270. The molecule has 5 rings (SSSR count). The molecule has 0 radical (unpaired) electrons. The molecule has 0 aromatic carbocycles. The van der Waals surface area contributed by atoms with E-state index in [-0.39, 0.29) is 5.41 Å². The number of hydrogen-bond donors (Lipinski definition) is 0. The highest BCUT2D eigenvalue weighted by Gasteiger charge is 2.57. The van der Waals surface area contributed by atoms with Crippen LogP contribution in [0.3, 0.4) is 0 Å². The van der Waals surface area contributed by atoms with E-state index in [1.165, 1.54) is 36.8 Å². The second kappa shape index (κ2) is 5.93. The van der Waals surface area contributed by atoms with Gasteiger partial charge in [0.2, 0.25) is 0 Å². The van der Waals surface area contributed by atoms with Crippen molar-refractivity contribution in [2.75, 3.05) is 0 Å². The molecule has 4 aliphatic carbocycles. The van der Waals surface area contributed by atoms with E-state index in [0.29, 0.717) is 11.2 Å². The molecule has 140 valence electrons. The number of allylic oxidation sites excluding steroid dienone is 4. The summed E-state index contributed by atoms with van der Waals surface area (Å²) >= 11 is 0. The maximum atomic E-state index is 12.0. The first-order valence-corrected chi connectivity index (χ1v) is 10.8. The summed E-state index contributed by atoms with van der Waals surface area (Å²) in [4.78, 5) is 16.6. The zero-order valence-corrected chi connectivity index (χ0v) is 16.9. The van der Waals surface area contributed by atoms with E-state index >= 15 is 0 Å². The molecular formula is C24H30BNO. The summed E-state index contributed by atoms with van der Waals surface area (Å²) in [5.41, 5.74) is 6.00. The van der Waals surface area contributed by atoms with Gasteiger partial charge in [-0.25, -0.2) is 0 Å². The molecule has 4 aliphatic rings. The molecule has 0 amide bonds. The number of ketones is 1.